The SMILES string of the molecule is CC(=O)Cc1ccc2ccccc2c1-c1ccccc1. The molecule has 3 aromatic carbocycles. The van der Waals surface area contributed by atoms with Gasteiger partial charge in [0, 0.05) is 6.42 Å². The molecule has 0 bridgehead atoms. The summed E-state index contributed by atoms with van der Waals surface area (Å²) in [4.78, 5) is 11.5. The second-order valence-corrected chi connectivity index (χ2v) is 5.07. The van der Waals surface area contributed by atoms with E-state index in [-0.39, 0.29) is 5.78 Å². The molecule has 20 heavy (non-hydrogen) atoms. The number of ketones is 1. The van der Waals surface area contributed by atoms with E-state index in [9.17, 15) is 4.79 Å². The van der Waals surface area contributed by atoms with Crippen molar-refractivity contribution in [2.45, 2.75) is 13.3 Å². The van der Waals surface area contributed by atoms with Crippen molar-refractivity contribution in [2.24, 2.45) is 0 Å². The molecule has 0 aliphatic rings. The lowest BCUT2D eigenvalue weighted by molar-refractivity contribution is -0.116. The van der Waals surface area contributed by atoms with Crippen molar-refractivity contribution in [1.82, 2.24) is 0 Å². The molecule has 0 saturated carbocycles. The zero-order valence-electron chi connectivity index (χ0n) is 11.5. The van der Waals surface area contributed by atoms with Crippen molar-refractivity contribution < 1.29 is 4.79 Å². The maximum Gasteiger partial charge on any atom is 0.134 e. The minimum Gasteiger partial charge on any atom is -0.300 e. The van der Waals surface area contributed by atoms with Crippen LogP contribution in [0.3, 0.4) is 0 Å². The molecule has 0 amide bonds. The summed E-state index contributed by atoms with van der Waals surface area (Å²) in [6, 6.07) is 22.8. The first-order valence-corrected chi connectivity index (χ1v) is 6.81. The average Bonchev–Trinajstić information content (AvgIpc) is 2.47. The van der Waals surface area contributed by atoms with Crippen LogP contribution in [-0.4, -0.2) is 5.78 Å². The highest BCUT2D eigenvalue weighted by Gasteiger charge is 2.10. The Morgan fingerprint density at radius 2 is 1.55 bits per heavy atom. The summed E-state index contributed by atoms with van der Waals surface area (Å²) in [6.07, 6.45) is 0.481. The number of Topliss-reactive ketones (excluding diaryl/α,β-unsaturated/α-hetero) is 1. The third kappa shape index (κ3) is 2.35. The van der Waals surface area contributed by atoms with Crippen molar-refractivity contribution >= 4 is 16.6 Å². The number of hydrogen-bond acceptors (Lipinski definition) is 1. The van der Waals surface area contributed by atoms with Gasteiger partial charge in [-0.15, -0.1) is 0 Å². The zero-order valence-corrected chi connectivity index (χ0v) is 11.5. The zero-order chi connectivity index (χ0) is 13.9. The summed E-state index contributed by atoms with van der Waals surface area (Å²) in [5.74, 6) is 0.192. The molecule has 1 heteroatoms. The fraction of sp³-hybridized carbons (Fsp3) is 0.105. The first-order valence-electron chi connectivity index (χ1n) is 6.81. The van der Waals surface area contributed by atoms with Crippen molar-refractivity contribution in [3.63, 3.8) is 0 Å². The van der Waals surface area contributed by atoms with Crippen LogP contribution >= 0.6 is 0 Å². The van der Waals surface area contributed by atoms with E-state index in [1.807, 2.05) is 30.3 Å². The lowest BCUT2D eigenvalue weighted by atomic mass is 9.91. The standard InChI is InChI=1S/C19H16O/c1-14(20)13-17-12-11-15-7-5-6-10-18(15)19(17)16-8-3-2-4-9-16/h2-12H,13H2,1H3. The normalized spacial score (nSPS) is 10.7. The first kappa shape index (κ1) is 12.6. The molecule has 0 aliphatic heterocycles. The van der Waals surface area contributed by atoms with Gasteiger partial charge >= 0.3 is 0 Å². The molecule has 3 rings (SSSR count). The van der Waals surface area contributed by atoms with Crippen LogP contribution in [0.25, 0.3) is 21.9 Å². The van der Waals surface area contributed by atoms with Crippen molar-refractivity contribution in [2.75, 3.05) is 0 Å². The van der Waals surface area contributed by atoms with E-state index in [2.05, 4.69) is 36.4 Å². The summed E-state index contributed by atoms with van der Waals surface area (Å²) in [6.45, 7) is 1.64. The van der Waals surface area contributed by atoms with Crippen LogP contribution in [-0.2, 0) is 11.2 Å². The van der Waals surface area contributed by atoms with Gasteiger partial charge in [0.15, 0.2) is 0 Å². The highest BCUT2D eigenvalue weighted by molar-refractivity contribution is 5.99. The summed E-state index contributed by atoms with van der Waals surface area (Å²) in [5, 5.41) is 2.41. The molecule has 0 aliphatic carbocycles. The Bertz CT molecular complexity index is 757. The molecular weight excluding hydrogens is 244 g/mol. The molecule has 0 unspecified atom stereocenters. The number of carbonyl (C=O) groups excluding carboxylic acids is 1. The van der Waals surface area contributed by atoms with Gasteiger partial charge in [0.05, 0.1) is 0 Å². The van der Waals surface area contributed by atoms with E-state index in [1.165, 1.54) is 21.9 Å². The number of hydrogen-bond donors (Lipinski definition) is 0. The van der Waals surface area contributed by atoms with Gasteiger partial charge in [0.1, 0.15) is 5.78 Å². The van der Waals surface area contributed by atoms with Crippen LogP contribution in [0.1, 0.15) is 12.5 Å². The molecular formula is C19H16O. The van der Waals surface area contributed by atoms with Crippen molar-refractivity contribution in [3.05, 3.63) is 72.3 Å². The number of rotatable bonds is 3. The summed E-state index contributed by atoms with van der Waals surface area (Å²) < 4.78 is 0. The monoisotopic (exact) mass is 260 g/mol. The fourth-order valence-electron chi connectivity index (χ4n) is 2.68. The van der Waals surface area contributed by atoms with Gasteiger partial charge in [-0.3, -0.25) is 4.79 Å². The fourth-order valence-corrected chi connectivity index (χ4v) is 2.68. The van der Waals surface area contributed by atoms with Gasteiger partial charge in [-0.05, 0) is 34.4 Å². The first-order chi connectivity index (χ1) is 9.75. The largest absolute Gasteiger partial charge is 0.300 e. The summed E-state index contributed by atoms with van der Waals surface area (Å²) in [7, 11) is 0. The summed E-state index contributed by atoms with van der Waals surface area (Å²) in [5.41, 5.74) is 3.45. The Kier molecular flexibility index (Phi) is 3.34. The molecule has 1 nitrogen and oxygen atoms in total. The van der Waals surface area contributed by atoms with Crippen LogP contribution in [0, 0.1) is 0 Å². The van der Waals surface area contributed by atoms with E-state index >= 15 is 0 Å². The maximum atomic E-state index is 11.5. The number of benzene rings is 3. The topological polar surface area (TPSA) is 17.1 Å². The van der Waals surface area contributed by atoms with Crippen molar-refractivity contribution in [1.29, 1.82) is 0 Å². The van der Waals surface area contributed by atoms with Gasteiger partial charge in [0.2, 0.25) is 0 Å². The van der Waals surface area contributed by atoms with Gasteiger partial charge in [-0.2, -0.15) is 0 Å². The number of fused-ring (bicyclic) bond motifs is 1. The lowest BCUT2D eigenvalue weighted by Gasteiger charge is -2.12. The van der Waals surface area contributed by atoms with Crippen LogP contribution in [0.2, 0.25) is 0 Å². The summed E-state index contributed by atoms with van der Waals surface area (Å²) >= 11 is 0. The minimum atomic E-state index is 0.192. The highest BCUT2D eigenvalue weighted by Crippen LogP contribution is 2.32. The third-order valence-corrected chi connectivity index (χ3v) is 3.52. The highest BCUT2D eigenvalue weighted by atomic mass is 16.1. The minimum absolute atomic E-state index is 0.192. The third-order valence-electron chi connectivity index (χ3n) is 3.52. The van der Waals surface area contributed by atoms with Crippen LogP contribution in [0.5, 0.6) is 0 Å². The van der Waals surface area contributed by atoms with Gasteiger partial charge in [0.25, 0.3) is 0 Å². The average molecular weight is 260 g/mol. The smallest absolute Gasteiger partial charge is 0.134 e. The predicted molar refractivity (Wildman–Crippen MR) is 83.8 cm³/mol. The Labute approximate surface area is 118 Å². The predicted octanol–water partition coefficient (Wildman–Crippen LogP) is 4.64. The van der Waals surface area contributed by atoms with Gasteiger partial charge in [-0.1, -0.05) is 66.7 Å². The molecule has 0 saturated heterocycles. The molecule has 0 aromatic heterocycles. The van der Waals surface area contributed by atoms with Crippen molar-refractivity contribution in [3.8, 4) is 11.1 Å². The Hall–Kier alpha value is -2.41. The second kappa shape index (κ2) is 5.30. The molecule has 98 valence electrons. The van der Waals surface area contributed by atoms with E-state index < -0.39 is 0 Å². The van der Waals surface area contributed by atoms with Crippen LogP contribution in [0.15, 0.2) is 66.7 Å². The molecule has 0 spiro atoms. The Morgan fingerprint density at radius 3 is 2.30 bits per heavy atom. The molecule has 3 aromatic rings. The molecule has 0 radical (unpaired) electrons. The quantitative estimate of drug-likeness (QED) is 0.670. The van der Waals surface area contributed by atoms with E-state index in [0.717, 1.165) is 5.56 Å². The van der Waals surface area contributed by atoms with Gasteiger partial charge in [-0.25, -0.2) is 0 Å². The molecule has 0 N–H and O–H groups in total. The molecule has 0 fully saturated rings. The molecule has 0 heterocycles. The van der Waals surface area contributed by atoms with E-state index in [1.54, 1.807) is 6.92 Å². The Morgan fingerprint density at radius 1 is 0.850 bits per heavy atom. The second-order valence-electron chi connectivity index (χ2n) is 5.07. The maximum absolute atomic E-state index is 11.5. The van der Waals surface area contributed by atoms with Crippen LogP contribution in [0.4, 0.5) is 0 Å². The van der Waals surface area contributed by atoms with Crippen LogP contribution < -0.4 is 0 Å². The lowest BCUT2D eigenvalue weighted by Crippen LogP contribution is -1.99. The van der Waals surface area contributed by atoms with Gasteiger partial charge < -0.3 is 0 Å². The number of carbonyl (C=O) groups is 1. The Balaban J connectivity index is 2.31. The molecule has 0 atom stereocenters. The van der Waals surface area contributed by atoms with E-state index in [0.29, 0.717) is 6.42 Å². The van der Waals surface area contributed by atoms with E-state index in [4.69, 9.17) is 0 Å².